The molecule has 1 aromatic heterocycles. The molecular formula is C21H17ClN2O3. The SMILES string of the molecule is C[C@@H](OC(=O)c1cc(Cl)nc2ccccc12)C(=O)N1CCc2ccccc21. The molecule has 1 aliphatic heterocycles. The number of ether oxygens (including phenoxy) is 1. The summed E-state index contributed by atoms with van der Waals surface area (Å²) in [4.78, 5) is 31.4. The zero-order valence-corrected chi connectivity index (χ0v) is 15.4. The van der Waals surface area contributed by atoms with Crippen LogP contribution in [0.1, 0.15) is 22.8 Å². The molecule has 0 radical (unpaired) electrons. The predicted molar refractivity (Wildman–Crippen MR) is 104 cm³/mol. The van der Waals surface area contributed by atoms with Gasteiger partial charge in [0.25, 0.3) is 5.91 Å². The molecular weight excluding hydrogens is 364 g/mol. The van der Waals surface area contributed by atoms with Gasteiger partial charge < -0.3 is 9.64 Å². The minimum absolute atomic E-state index is 0.202. The van der Waals surface area contributed by atoms with Crippen molar-refractivity contribution in [2.45, 2.75) is 19.4 Å². The number of benzene rings is 2. The number of halogens is 1. The number of carbonyl (C=O) groups is 2. The molecule has 2 aromatic carbocycles. The van der Waals surface area contributed by atoms with Crippen molar-refractivity contribution in [1.82, 2.24) is 4.98 Å². The minimum atomic E-state index is -0.908. The lowest BCUT2D eigenvalue weighted by molar-refractivity contribution is -0.126. The monoisotopic (exact) mass is 380 g/mol. The number of hydrogen-bond donors (Lipinski definition) is 0. The second-order valence-electron chi connectivity index (χ2n) is 6.43. The zero-order chi connectivity index (χ0) is 19.0. The van der Waals surface area contributed by atoms with Crippen LogP contribution in [0.3, 0.4) is 0 Å². The lowest BCUT2D eigenvalue weighted by atomic mass is 10.1. The second kappa shape index (κ2) is 7.00. The maximum Gasteiger partial charge on any atom is 0.339 e. The van der Waals surface area contributed by atoms with Gasteiger partial charge in [-0.3, -0.25) is 4.79 Å². The van der Waals surface area contributed by atoms with Crippen molar-refractivity contribution in [2.75, 3.05) is 11.4 Å². The smallest absolute Gasteiger partial charge is 0.339 e. The van der Waals surface area contributed by atoms with Crippen molar-refractivity contribution < 1.29 is 14.3 Å². The summed E-state index contributed by atoms with van der Waals surface area (Å²) in [5.74, 6) is -0.832. The highest BCUT2D eigenvalue weighted by atomic mass is 35.5. The van der Waals surface area contributed by atoms with Gasteiger partial charge in [-0.25, -0.2) is 9.78 Å². The molecule has 0 fully saturated rings. The van der Waals surface area contributed by atoms with Gasteiger partial charge in [-0.1, -0.05) is 48.0 Å². The Balaban J connectivity index is 1.56. The summed E-state index contributed by atoms with van der Waals surface area (Å²) >= 11 is 6.03. The van der Waals surface area contributed by atoms with Gasteiger partial charge in [0.05, 0.1) is 11.1 Å². The zero-order valence-electron chi connectivity index (χ0n) is 14.7. The highest BCUT2D eigenvalue weighted by molar-refractivity contribution is 6.30. The maximum absolute atomic E-state index is 12.8. The third-order valence-electron chi connectivity index (χ3n) is 4.69. The molecule has 0 N–H and O–H groups in total. The van der Waals surface area contributed by atoms with Gasteiger partial charge in [0, 0.05) is 17.6 Å². The van der Waals surface area contributed by atoms with Crippen LogP contribution in [0.4, 0.5) is 5.69 Å². The molecule has 1 aliphatic rings. The van der Waals surface area contributed by atoms with E-state index in [0.29, 0.717) is 23.0 Å². The predicted octanol–water partition coefficient (Wildman–Crippen LogP) is 4.02. The number of pyridine rings is 1. The maximum atomic E-state index is 12.8. The van der Waals surface area contributed by atoms with Crippen LogP contribution in [0, 0.1) is 0 Å². The summed E-state index contributed by atoms with van der Waals surface area (Å²) in [6.07, 6.45) is -0.109. The molecule has 6 heteroatoms. The number of nitrogens with zero attached hydrogens (tertiary/aromatic N) is 2. The van der Waals surface area contributed by atoms with E-state index in [9.17, 15) is 9.59 Å². The highest BCUT2D eigenvalue weighted by Crippen LogP contribution is 2.28. The van der Waals surface area contributed by atoms with Crippen molar-refractivity contribution in [2.24, 2.45) is 0 Å². The van der Waals surface area contributed by atoms with E-state index in [1.807, 2.05) is 36.4 Å². The van der Waals surface area contributed by atoms with E-state index in [1.165, 1.54) is 6.07 Å². The van der Waals surface area contributed by atoms with Crippen LogP contribution in [0.2, 0.25) is 5.15 Å². The Morgan fingerprint density at radius 2 is 1.89 bits per heavy atom. The Kier molecular flexibility index (Phi) is 4.54. The molecule has 136 valence electrons. The molecule has 27 heavy (non-hydrogen) atoms. The quantitative estimate of drug-likeness (QED) is 0.508. The van der Waals surface area contributed by atoms with Gasteiger partial charge in [-0.15, -0.1) is 0 Å². The van der Waals surface area contributed by atoms with Gasteiger partial charge >= 0.3 is 5.97 Å². The Morgan fingerprint density at radius 1 is 1.15 bits per heavy atom. The first-order valence-corrected chi connectivity index (χ1v) is 9.08. The number of carbonyl (C=O) groups excluding carboxylic acids is 2. The first-order valence-electron chi connectivity index (χ1n) is 8.70. The lowest BCUT2D eigenvalue weighted by Gasteiger charge is -2.22. The van der Waals surface area contributed by atoms with Crippen molar-refractivity contribution in [3.8, 4) is 0 Å². The molecule has 0 unspecified atom stereocenters. The van der Waals surface area contributed by atoms with E-state index in [2.05, 4.69) is 4.98 Å². The Bertz CT molecular complexity index is 1050. The second-order valence-corrected chi connectivity index (χ2v) is 6.81. The summed E-state index contributed by atoms with van der Waals surface area (Å²) < 4.78 is 5.47. The van der Waals surface area contributed by atoms with E-state index in [0.717, 1.165) is 17.7 Å². The number of anilines is 1. The standard InChI is InChI=1S/C21H17ClN2O3/c1-13(20(25)24-11-10-14-6-2-5-9-18(14)24)27-21(26)16-12-19(22)23-17-8-4-3-7-15(16)17/h2-9,12-13H,10-11H2,1H3/t13-/m1/s1. The molecule has 2 heterocycles. The highest BCUT2D eigenvalue weighted by Gasteiger charge is 2.30. The molecule has 0 saturated carbocycles. The van der Waals surface area contributed by atoms with Crippen LogP contribution < -0.4 is 4.90 Å². The molecule has 0 aliphatic carbocycles. The summed E-state index contributed by atoms with van der Waals surface area (Å²) in [6, 6.07) is 16.4. The van der Waals surface area contributed by atoms with E-state index in [-0.39, 0.29) is 11.1 Å². The molecule has 0 spiro atoms. The molecule has 4 rings (SSSR count). The normalized spacial score (nSPS) is 14.1. The van der Waals surface area contributed by atoms with Crippen LogP contribution in [-0.4, -0.2) is 29.5 Å². The summed E-state index contributed by atoms with van der Waals surface area (Å²) in [5.41, 5.74) is 2.90. The van der Waals surface area contributed by atoms with Gasteiger partial charge in [0.1, 0.15) is 5.15 Å². The van der Waals surface area contributed by atoms with E-state index in [4.69, 9.17) is 16.3 Å². The van der Waals surface area contributed by atoms with Gasteiger partial charge in [0.15, 0.2) is 6.10 Å². The van der Waals surface area contributed by atoms with Crippen molar-refractivity contribution >= 4 is 40.1 Å². The fourth-order valence-corrected chi connectivity index (χ4v) is 3.57. The summed E-state index contributed by atoms with van der Waals surface area (Å²) in [7, 11) is 0. The van der Waals surface area contributed by atoms with Crippen LogP contribution in [-0.2, 0) is 16.0 Å². The minimum Gasteiger partial charge on any atom is -0.449 e. The third-order valence-corrected chi connectivity index (χ3v) is 4.88. The molecule has 5 nitrogen and oxygen atoms in total. The summed E-state index contributed by atoms with van der Waals surface area (Å²) in [6.45, 7) is 2.18. The summed E-state index contributed by atoms with van der Waals surface area (Å²) in [5, 5.41) is 0.839. The molecule has 1 atom stereocenters. The Labute approximate surface area is 161 Å². The van der Waals surface area contributed by atoms with E-state index in [1.54, 1.807) is 24.0 Å². The number of para-hydroxylation sites is 2. The number of fused-ring (bicyclic) bond motifs is 2. The Morgan fingerprint density at radius 3 is 2.74 bits per heavy atom. The molecule has 0 saturated heterocycles. The van der Waals surface area contributed by atoms with Crippen LogP contribution in [0.25, 0.3) is 10.9 Å². The molecule has 0 bridgehead atoms. The van der Waals surface area contributed by atoms with Gasteiger partial charge in [-0.05, 0) is 37.1 Å². The lowest BCUT2D eigenvalue weighted by Crippen LogP contribution is -2.39. The van der Waals surface area contributed by atoms with Crippen molar-refractivity contribution in [3.05, 3.63) is 70.9 Å². The van der Waals surface area contributed by atoms with Crippen molar-refractivity contribution in [1.29, 1.82) is 0 Å². The number of amides is 1. The number of hydrogen-bond acceptors (Lipinski definition) is 4. The fourth-order valence-electron chi connectivity index (χ4n) is 3.37. The Hall–Kier alpha value is -2.92. The van der Waals surface area contributed by atoms with Crippen LogP contribution in [0.5, 0.6) is 0 Å². The first-order chi connectivity index (χ1) is 13.0. The fraction of sp³-hybridized carbons (Fsp3) is 0.190. The van der Waals surface area contributed by atoms with Crippen molar-refractivity contribution in [3.63, 3.8) is 0 Å². The largest absolute Gasteiger partial charge is 0.449 e. The number of aromatic nitrogens is 1. The average Bonchev–Trinajstić information content (AvgIpc) is 3.10. The van der Waals surface area contributed by atoms with Crippen LogP contribution >= 0.6 is 11.6 Å². The number of esters is 1. The third kappa shape index (κ3) is 3.26. The van der Waals surface area contributed by atoms with Gasteiger partial charge in [-0.2, -0.15) is 0 Å². The van der Waals surface area contributed by atoms with Gasteiger partial charge in [0.2, 0.25) is 0 Å². The average molecular weight is 381 g/mol. The van der Waals surface area contributed by atoms with E-state index >= 15 is 0 Å². The number of rotatable bonds is 3. The molecule has 1 amide bonds. The van der Waals surface area contributed by atoms with E-state index < -0.39 is 12.1 Å². The van der Waals surface area contributed by atoms with Crippen LogP contribution in [0.15, 0.2) is 54.6 Å². The first kappa shape index (κ1) is 17.5. The topological polar surface area (TPSA) is 59.5 Å². The molecule has 3 aromatic rings.